The Labute approximate surface area is 105 Å². The summed E-state index contributed by atoms with van der Waals surface area (Å²) in [6.07, 6.45) is 2.62. The molecule has 1 aliphatic rings. The van der Waals surface area contributed by atoms with Crippen LogP contribution in [0.15, 0.2) is 4.99 Å². The van der Waals surface area contributed by atoms with E-state index in [-0.39, 0.29) is 0 Å². The van der Waals surface area contributed by atoms with Crippen molar-refractivity contribution in [3.63, 3.8) is 0 Å². The van der Waals surface area contributed by atoms with E-state index in [0.29, 0.717) is 0 Å². The number of aliphatic imine (C=N–C) groups is 1. The number of rotatable bonds is 5. The van der Waals surface area contributed by atoms with Crippen molar-refractivity contribution in [2.45, 2.75) is 33.6 Å². The Morgan fingerprint density at radius 2 is 2.29 bits per heavy atom. The normalized spacial score (nSPS) is 21.7. The van der Waals surface area contributed by atoms with E-state index < -0.39 is 0 Å². The Balaban J connectivity index is 2.45. The highest BCUT2D eigenvalue weighted by Crippen LogP contribution is 2.15. The average molecular weight is 241 g/mol. The molecule has 1 atom stereocenters. The predicted octanol–water partition coefficient (Wildman–Crippen LogP) is 1.72. The van der Waals surface area contributed by atoms with E-state index >= 15 is 0 Å². The van der Waals surface area contributed by atoms with E-state index in [9.17, 15) is 0 Å². The van der Waals surface area contributed by atoms with Gasteiger partial charge < -0.3 is 15.0 Å². The molecule has 17 heavy (non-hydrogen) atoms. The summed E-state index contributed by atoms with van der Waals surface area (Å²) >= 11 is 0. The van der Waals surface area contributed by atoms with Crippen molar-refractivity contribution in [2.24, 2.45) is 10.9 Å². The second kappa shape index (κ2) is 8.34. The van der Waals surface area contributed by atoms with E-state index in [1.54, 1.807) is 0 Å². The lowest BCUT2D eigenvalue weighted by molar-refractivity contribution is 0.155. The van der Waals surface area contributed by atoms with Gasteiger partial charge in [0.1, 0.15) is 0 Å². The van der Waals surface area contributed by atoms with Crippen molar-refractivity contribution in [2.75, 3.05) is 39.4 Å². The third-order valence-corrected chi connectivity index (χ3v) is 2.99. The first-order valence-electron chi connectivity index (χ1n) is 6.88. The summed E-state index contributed by atoms with van der Waals surface area (Å²) in [7, 11) is 0. The van der Waals surface area contributed by atoms with E-state index in [1.165, 1.54) is 12.8 Å². The largest absolute Gasteiger partial charge is 0.380 e. The fourth-order valence-corrected chi connectivity index (χ4v) is 2.17. The Hall–Kier alpha value is -0.770. The zero-order valence-electron chi connectivity index (χ0n) is 11.5. The van der Waals surface area contributed by atoms with Gasteiger partial charge in [-0.1, -0.05) is 6.92 Å². The third kappa shape index (κ3) is 5.39. The van der Waals surface area contributed by atoms with Gasteiger partial charge in [0.15, 0.2) is 5.96 Å². The molecule has 0 saturated carbocycles. The zero-order chi connectivity index (χ0) is 12.5. The smallest absolute Gasteiger partial charge is 0.194 e. The number of piperidine rings is 1. The molecule has 1 heterocycles. The second-order valence-corrected chi connectivity index (χ2v) is 4.63. The van der Waals surface area contributed by atoms with Gasteiger partial charge in [-0.25, -0.2) is 0 Å². The SMILES string of the molecule is CCNC(=NCCOCC)N1CCCC(C)C1. The minimum absolute atomic E-state index is 0.717. The molecule has 0 aromatic carbocycles. The first-order valence-corrected chi connectivity index (χ1v) is 6.88. The van der Waals surface area contributed by atoms with Crippen LogP contribution in [0.5, 0.6) is 0 Å². The van der Waals surface area contributed by atoms with Crippen LogP contribution in [0.2, 0.25) is 0 Å². The van der Waals surface area contributed by atoms with E-state index in [1.807, 2.05) is 6.92 Å². The van der Waals surface area contributed by atoms with Crippen LogP contribution >= 0.6 is 0 Å². The number of nitrogens with one attached hydrogen (secondary N) is 1. The molecule has 1 unspecified atom stereocenters. The topological polar surface area (TPSA) is 36.9 Å². The van der Waals surface area contributed by atoms with Gasteiger partial charge in [-0.3, -0.25) is 4.99 Å². The first-order chi connectivity index (χ1) is 8.27. The Bertz CT molecular complexity index is 231. The number of nitrogens with zero attached hydrogens (tertiary/aromatic N) is 2. The summed E-state index contributed by atoms with van der Waals surface area (Å²) in [5, 5.41) is 3.37. The highest BCUT2D eigenvalue weighted by Gasteiger charge is 2.18. The number of hydrogen-bond acceptors (Lipinski definition) is 2. The molecular weight excluding hydrogens is 214 g/mol. The molecule has 0 aromatic rings. The quantitative estimate of drug-likeness (QED) is 0.452. The molecule has 1 saturated heterocycles. The second-order valence-electron chi connectivity index (χ2n) is 4.63. The number of guanidine groups is 1. The lowest BCUT2D eigenvalue weighted by atomic mass is 10.0. The van der Waals surface area contributed by atoms with E-state index in [4.69, 9.17) is 4.74 Å². The molecule has 0 aromatic heterocycles. The van der Waals surface area contributed by atoms with Gasteiger partial charge in [0, 0.05) is 26.2 Å². The van der Waals surface area contributed by atoms with Gasteiger partial charge in [0.25, 0.3) is 0 Å². The highest BCUT2D eigenvalue weighted by molar-refractivity contribution is 5.80. The molecule has 0 radical (unpaired) electrons. The molecular formula is C13H27N3O. The molecule has 0 bridgehead atoms. The fourth-order valence-electron chi connectivity index (χ4n) is 2.17. The van der Waals surface area contributed by atoms with Crippen LogP contribution in [0.4, 0.5) is 0 Å². The maximum Gasteiger partial charge on any atom is 0.194 e. The van der Waals surface area contributed by atoms with Gasteiger partial charge >= 0.3 is 0 Å². The fraction of sp³-hybridized carbons (Fsp3) is 0.923. The van der Waals surface area contributed by atoms with Gasteiger partial charge in [0.05, 0.1) is 13.2 Å². The summed E-state index contributed by atoms with van der Waals surface area (Å²) in [6.45, 7) is 11.9. The molecule has 1 rings (SSSR count). The van der Waals surface area contributed by atoms with Crippen LogP contribution in [0, 0.1) is 5.92 Å². The summed E-state index contributed by atoms with van der Waals surface area (Å²) in [4.78, 5) is 6.99. The van der Waals surface area contributed by atoms with Gasteiger partial charge in [-0.05, 0) is 32.6 Å². The Kier molecular flexibility index (Phi) is 7.01. The highest BCUT2D eigenvalue weighted by atomic mass is 16.5. The minimum Gasteiger partial charge on any atom is -0.380 e. The average Bonchev–Trinajstić information content (AvgIpc) is 2.33. The van der Waals surface area contributed by atoms with Crippen LogP contribution in [-0.4, -0.2) is 50.3 Å². The lowest BCUT2D eigenvalue weighted by Crippen LogP contribution is -2.46. The molecule has 0 aliphatic carbocycles. The lowest BCUT2D eigenvalue weighted by Gasteiger charge is -2.33. The minimum atomic E-state index is 0.717. The summed E-state index contributed by atoms with van der Waals surface area (Å²) in [5.74, 6) is 1.83. The molecule has 0 spiro atoms. The summed E-state index contributed by atoms with van der Waals surface area (Å²) in [5.41, 5.74) is 0. The number of likely N-dealkylation sites (tertiary alicyclic amines) is 1. The van der Waals surface area contributed by atoms with Crippen molar-refractivity contribution in [1.82, 2.24) is 10.2 Å². The van der Waals surface area contributed by atoms with Crippen molar-refractivity contribution >= 4 is 5.96 Å². The molecule has 4 heteroatoms. The molecule has 0 amide bonds. The van der Waals surface area contributed by atoms with Crippen molar-refractivity contribution in [1.29, 1.82) is 0 Å². The molecule has 100 valence electrons. The van der Waals surface area contributed by atoms with Gasteiger partial charge in [-0.15, -0.1) is 0 Å². The van der Waals surface area contributed by atoms with Crippen LogP contribution in [0.25, 0.3) is 0 Å². The van der Waals surface area contributed by atoms with Gasteiger partial charge in [-0.2, -0.15) is 0 Å². The maximum atomic E-state index is 5.32. The van der Waals surface area contributed by atoms with Crippen LogP contribution in [-0.2, 0) is 4.74 Å². The van der Waals surface area contributed by atoms with Crippen molar-refractivity contribution in [3.8, 4) is 0 Å². The van der Waals surface area contributed by atoms with E-state index in [0.717, 1.165) is 51.3 Å². The van der Waals surface area contributed by atoms with Crippen LogP contribution in [0.1, 0.15) is 33.6 Å². The van der Waals surface area contributed by atoms with Crippen molar-refractivity contribution < 1.29 is 4.74 Å². The Morgan fingerprint density at radius 1 is 1.47 bits per heavy atom. The molecule has 1 aliphatic heterocycles. The van der Waals surface area contributed by atoms with Gasteiger partial charge in [0.2, 0.25) is 0 Å². The predicted molar refractivity (Wildman–Crippen MR) is 72.4 cm³/mol. The Morgan fingerprint density at radius 3 is 2.94 bits per heavy atom. The zero-order valence-corrected chi connectivity index (χ0v) is 11.5. The third-order valence-electron chi connectivity index (χ3n) is 2.99. The number of hydrogen-bond donors (Lipinski definition) is 1. The summed E-state index contributed by atoms with van der Waals surface area (Å²) in [6, 6.07) is 0. The molecule has 4 nitrogen and oxygen atoms in total. The molecule has 1 N–H and O–H groups in total. The standard InChI is InChI=1S/C13H27N3O/c1-4-14-13(15-8-10-17-5-2)16-9-6-7-12(3)11-16/h12H,4-11H2,1-3H3,(H,14,15). The first kappa shape index (κ1) is 14.3. The molecule has 1 fully saturated rings. The van der Waals surface area contributed by atoms with Crippen molar-refractivity contribution in [3.05, 3.63) is 0 Å². The maximum absolute atomic E-state index is 5.32. The monoisotopic (exact) mass is 241 g/mol. The van der Waals surface area contributed by atoms with E-state index in [2.05, 4.69) is 29.1 Å². The van der Waals surface area contributed by atoms with Crippen LogP contribution in [0.3, 0.4) is 0 Å². The number of ether oxygens (including phenoxy) is 1. The summed E-state index contributed by atoms with van der Waals surface area (Å²) < 4.78 is 5.32. The van der Waals surface area contributed by atoms with Crippen LogP contribution < -0.4 is 5.32 Å².